The predicted octanol–water partition coefficient (Wildman–Crippen LogP) is 2.67. The van der Waals surface area contributed by atoms with Crippen LogP contribution in [0.5, 0.6) is 0 Å². The first-order valence-electron chi connectivity index (χ1n) is 6.65. The van der Waals surface area contributed by atoms with E-state index in [0.29, 0.717) is 12.6 Å². The normalized spacial score (nSPS) is 23.0. The van der Waals surface area contributed by atoms with Gasteiger partial charge in [0.2, 0.25) is 0 Å². The fourth-order valence-electron chi connectivity index (χ4n) is 2.62. The molecule has 2 fully saturated rings. The lowest BCUT2D eigenvalue weighted by Gasteiger charge is -2.30. The smallest absolute Gasteiger partial charge is 0.310 e. The summed E-state index contributed by atoms with van der Waals surface area (Å²) in [6.45, 7) is 2.77. The van der Waals surface area contributed by atoms with E-state index in [1.165, 1.54) is 12.8 Å². The highest BCUT2D eigenvalue weighted by Gasteiger charge is 2.53. The molecule has 2 saturated carbocycles. The number of furan rings is 1. The molecule has 0 bridgehead atoms. The van der Waals surface area contributed by atoms with E-state index in [0.717, 1.165) is 18.6 Å². The van der Waals surface area contributed by atoms with Gasteiger partial charge in [-0.25, -0.2) is 0 Å². The van der Waals surface area contributed by atoms with Crippen LogP contribution in [0.2, 0.25) is 0 Å². The van der Waals surface area contributed by atoms with Crippen LogP contribution in [0.25, 0.3) is 0 Å². The number of aliphatic carboxylic acids is 1. The van der Waals surface area contributed by atoms with E-state index in [1.807, 2.05) is 12.1 Å². The Morgan fingerprint density at radius 3 is 2.78 bits per heavy atom. The number of carboxylic acid groups (broad SMARTS) is 1. The molecule has 98 valence electrons. The summed E-state index contributed by atoms with van der Waals surface area (Å²) in [6.07, 6.45) is 5.68. The first-order valence-corrected chi connectivity index (χ1v) is 6.65. The maximum atomic E-state index is 11.3. The number of hydrogen-bond acceptors (Lipinski definition) is 3. The third-order valence-electron chi connectivity index (χ3n) is 4.26. The Morgan fingerprint density at radius 1 is 1.61 bits per heavy atom. The van der Waals surface area contributed by atoms with E-state index in [9.17, 15) is 9.90 Å². The predicted molar refractivity (Wildman–Crippen MR) is 66.2 cm³/mol. The van der Waals surface area contributed by atoms with Gasteiger partial charge in [-0.3, -0.25) is 9.69 Å². The van der Waals surface area contributed by atoms with Gasteiger partial charge in [-0.05, 0) is 44.7 Å². The van der Waals surface area contributed by atoms with Crippen molar-refractivity contribution in [1.82, 2.24) is 4.90 Å². The zero-order valence-electron chi connectivity index (χ0n) is 10.6. The minimum atomic E-state index is -0.639. The van der Waals surface area contributed by atoms with E-state index in [-0.39, 0.29) is 6.04 Å². The first-order chi connectivity index (χ1) is 8.62. The highest BCUT2D eigenvalue weighted by molar-refractivity contribution is 5.78. The van der Waals surface area contributed by atoms with Crippen molar-refractivity contribution in [1.29, 1.82) is 0 Å². The fraction of sp³-hybridized carbons (Fsp3) is 0.643. The van der Waals surface area contributed by atoms with Gasteiger partial charge in [-0.2, -0.15) is 0 Å². The van der Waals surface area contributed by atoms with Crippen LogP contribution in [0.15, 0.2) is 22.8 Å². The van der Waals surface area contributed by atoms with E-state index in [2.05, 4.69) is 11.8 Å². The molecular weight excluding hydrogens is 230 g/mol. The van der Waals surface area contributed by atoms with Crippen molar-refractivity contribution in [2.75, 3.05) is 6.54 Å². The van der Waals surface area contributed by atoms with Gasteiger partial charge in [-0.1, -0.05) is 0 Å². The SMILES string of the molecule is CC(c1ccco1)N(CC1(C(=O)O)CC1)C1CC1. The van der Waals surface area contributed by atoms with Crippen LogP contribution in [0.1, 0.15) is 44.4 Å². The molecule has 3 rings (SSSR count). The molecule has 1 heterocycles. The molecule has 0 amide bonds. The third kappa shape index (κ3) is 2.05. The van der Waals surface area contributed by atoms with Gasteiger partial charge in [0.05, 0.1) is 17.7 Å². The monoisotopic (exact) mass is 249 g/mol. The summed E-state index contributed by atoms with van der Waals surface area (Å²) in [4.78, 5) is 13.6. The Morgan fingerprint density at radius 2 is 2.33 bits per heavy atom. The molecule has 0 saturated heterocycles. The minimum absolute atomic E-state index is 0.171. The van der Waals surface area contributed by atoms with E-state index in [1.54, 1.807) is 6.26 Å². The molecule has 0 aliphatic heterocycles. The lowest BCUT2D eigenvalue weighted by Crippen LogP contribution is -2.37. The number of nitrogens with zero attached hydrogens (tertiary/aromatic N) is 1. The second kappa shape index (κ2) is 4.12. The Bertz CT molecular complexity index is 432. The molecular formula is C14H19NO3. The summed E-state index contributed by atoms with van der Waals surface area (Å²) in [5.74, 6) is 0.294. The number of carboxylic acids is 1. The zero-order chi connectivity index (χ0) is 12.8. The van der Waals surface area contributed by atoms with Gasteiger partial charge in [-0.15, -0.1) is 0 Å². The second-order valence-electron chi connectivity index (χ2n) is 5.68. The molecule has 1 aromatic rings. The van der Waals surface area contributed by atoms with Crippen molar-refractivity contribution >= 4 is 5.97 Å². The van der Waals surface area contributed by atoms with Gasteiger partial charge in [0, 0.05) is 12.6 Å². The largest absolute Gasteiger partial charge is 0.481 e. The number of hydrogen-bond donors (Lipinski definition) is 1. The second-order valence-corrected chi connectivity index (χ2v) is 5.68. The Kier molecular flexibility index (Phi) is 2.70. The summed E-state index contributed by atoms with van der Waals surface area (Å²) in [5.41, 5.74) is -0.483. The first kappa shape index (κ1) is 11.8. The average molecular weight is 249 g/mol. The quantitative estimate of drug-likeness (QED) is 0.842. The fourth-order valence-corrected chi connectivity index (χ4v) is 2.62. The highest BCUT2D eigenvalue weighted by Crippen LogP contribution is 2.49. The summed E-state index contributed by atoms with van der Waals surface area (Å²) < 4.78 is 5.46. The van der Waals surface area contributed by atoms with Crippen LogP contribution in [-0.2, 0) is 4.79 Å². The van der Waals surface area contributed by atoms with Crippen molar-refractivity contribution in [3.8, 4) is 0 Å². The van der Waals surface area contributed by atoms with Gasteiger partial charge in [0.15, 0.2) is 0 Å². The summed E-state index contributed by atoms with van der Waals surface area (Å²) in [6, 6.07) is 4.58. The van der Waals surface area contributed by atoms with Gasteiger partial charge in [0.25, 0.3) is 0 Å². The number of rotatable bonds is 6. The van der Waals surface area contributed by atoms with Crippen LogP contribution >= 0.6 is 0 Å². The Hall–Kier alpha value is -1.29. The van der Waals surface area contributed by atoms with Crippen molar-refractivity contribution in [3.05, 3.63) is 24.2 Å². The van der Waals surface area contributed by atoms with Crippen molar-refractivity contribution in [3.63, 3.8) is 0 Å². The molecule has 1 N–H and O–H groups in total. The standard InChI is InChI=1S/C14H19NO3/c1-10(12-3-2-8-18-12)15(11-4-5-11)9-14(6-7-14)13(16)17/h2-3,8,10-11H,4-7,9H2,1H3,(H,16,17). The average Bonchev–Trinajstić information content (AvgIpc) is 3.25. The molecule has 18 heavy (non-hydrogen) atoms. The maximum absolute atomic E-state index is 11.3. The highest BCUT2D eigenvalue weighted by atomic mass is 16.4. The van der Waals surface area contributed by atoms with Gasteiger partial charge < -0.3 is 9.52 Å². The van der Waals surface area contributed by atoms with Crippen molar-refractivity contribution < 1.29 is 14.3 Å². The minimum Gasteiger partial charge on any atom is -0.481 e. The summed E-state index contributed by atoms with van der Waals surface area (Å²) >= 11 is 0. The molecule has 4 nitrogen and oxygen atoms in total. The van der Waals surface area contributed by atoms with Gasteiger partial charge >= 0.3 is 5.97 Å². The van der Waals surface area contributed by atoms with E-state index in [4.69, 9.17) is 4.42 Å². The summed E-state index contributed by atoms with van der Waals surface area (Å²) in [7, 11) is 0. The molecule has 1 aromatic heterocycles. The Labute approximate surface area is 107 Å². The van der Waals surface area contributed by atoms with Crippen LogP contribution in [0, 0.1) is 5.41 Å². The maximum Gasteiger partial charge on any atom is 0.310 e. The molecule has 4 heteroatoms. The molecule has 1 atom stereocenters. The molecule has 2 aliphatic rings. The van der Waals surface area contributed by atoms with Crippen LogP contribution in [0.4, 0.5) is 0 Å². The lowest BCUT2D eigenvalue weighted by atomic mass is 10.1. The van der Waals surface area contributed by atoms with Crippen LogP contribution in [0.3, 0.4) is 0 Å². The Balaban J connectivity index is 1.75. The van der Waals surface area contributed by atoms with Crippen LogP contribution in [-0.4, -0.2) is 28.6 Å². The summed E-state index contributed by atoms with van der Waals surface area (Å²) in [5, 5.41) is 9.32. The van der Waals surface area contributed by atoms with Gasteiger partial charge in [0.1, 0.15) is 5.76 Å². The molecule has 2 aliphatic carbocycles. The van der Waals surface area contributed by atoms with Crippen LogP contribution < -0.4 is 0 Å². The third-order valence-corrected chi connectivity index (χ3v) is 4.26. The van der Waals surface area contributed by atoms with Crippen molar-refractivity contribution in [2.45, 2.75) is 44.7 Å². The zero-order valence-corrected chi connectivity index (χ0v) is 10.6. The van der Waals surface area contributed by atoms with E-state index >= 15 is 0 Å². The molecule has 0 spiro atoms. The molecule has 0 aromatic carbocycles. The van der Waals surface area contributed by atoms with E-state index < -0.39 is 11.4 Å². The lowest BCUT2D eigenvalue weighted by molar-refractivity contribution is -0.144. The van der Waals surface area contributed by atoms with Crippen molar-refractivity contribution in [2.24, 2.45) is 5.41 Å². The number of carbonyl (C=O) groups is 1. The molecule has 1 unspecified atom stereocenters. The topological polar surface area (TPSA) is 53.7 Å². The molecule has 0 radical (unpaired) electrons.